The minimum Gasteiger partial charge on any atom is -0.342 e. The first kappa shape index (κ1) is 19.0. The highest BCUT2D eigenvalue weighted by Gasteiger charge is 2.35. The summed E-state index contributed by atoms with van der Waals surface area (Å²) >= 11 is 0. The van der Waals surface area contributed by atoms with Gasteiger partial charge in [0.25, 0.3) is 0 Å². The zero-order valence-electron chi connectivity index (χ0n) is 14.0. The SMILES string of the molecule is CNCCC1CCN(C(=O)C(C)(C)c2ccccc2)CC1.Cl. The van der Waals surface area contributed by atoms with Crippen molar-refractivity contribution in [3.63, 3.8) is 0 Å². The average molecular weight is 325 g/mol. The molecule has 1 amide bonds. The highest BCUT2D eigenvalue weighted by molar-refractivity contribution is 5.87. The van der Waals surface area contributed by atoms with Gasteiger partial charge in [-0.25, -0.2) is 0 Å². The normalized spacial score (nSPS) is 16.2. The molecule has 1 aromatic rings. The first-order chi connectivity index (χ1) is 10.1. The fourth-order valence-corrected chi connectivity index (χ4v) is 3.15. The van der Waals surface area contributed by atoms with Crippen molar-refractivity contribution in [1.82, 2.24) is 10.2 Å². The third-order valence-corrected chi connectivity index (χ3v) is 4.73. The fourth-order valence-electron chi connectivity index (χ4n) is 3.15. The second-order valence-corrected chi connectivity index (χ2v) is 6.62. The van der Waals surface area contributed by atoms with E-state index in [4.69, 9.17) is 0 Å². The molecule has 0 unspecified atom stereocenters. The van der Waals surface area contributed by atoms with Gasteiger partial charge in [-0.2, -0.15) is 0 Å². The molecule has 124 valence electrons. The van der Waals surface area contributed by atoms with Gasteiger partial charge in [-0.05, 0) is 58.2 Å². The highest BCUT2D eigenvalue weighted by Crippen LogP contribution is 2.28. The summed E-state index contributed by atoms with van der Waals surface area (Å²) in [6, 6.07) is 10.1. The molecule has 1 saturated heterocycles. The molecule has 0 aromatic heterocycles. The molecule has 0 bridgehead atoms. The lowest BCUT2D eigenvalue weighted by Crippen LogP contribution is -2.47. The molecule has 1 N–H and O–H groups in total. The Bertz CT molecular complexity index is 453. The predicted octanol–water partition coefficient (Wildman–Crippen LogP) is 3.23. The number of piperidine rings is 1. The minimum atomic E-state index is -0.431. The van der Waals surface area contributed by atoms with E-state index in [1.807, 2.05) is 39.1 Å². The molecule has 1 aromatic carbocycles. The van der Waals surface area contributed by atoms with E-state index in [1.165, 1.54) is 6.42 Å². The standard InChI is InChI=1S/C18H28N2O.ClH/c1-18(2,16-7-5-4-6-8-16)17(21)20-13-10-15(11-14-20)9-12-19-3;/h4-8,15,19H,9-14H2,1-3H3;1H. The van der Waals surface area contributed by atoms with Crippen molar-refractivity contribution in [2.24, 2.45) is 5.92 Å². The number of carbonyl (C=O) groups is 1. The van der Waals surface area contributed by atoms with Crippen molar-refractivity contribution >= 4 is 18.3 Å². The van der Waals surface area contributed by atoms with Crippen molar-refractivity contribution in [3.8, 4) is 0 Å². The molecular formula is C18H29ClN2O. The maximum Gasteiger partial charge on any atom is 0.232 e. The molecule has 1 fully saturated rings. The van der Waals surface area contributed by atoms with Gasteiger partial charge in [-0.1, -0.05) is 30.3 Å². The smallest absolute Gasteiger partial charge is 0.232 e. The summed E-state index contributed by atoms with van der Waals surface area (Å²) in [7, 11) is 2.00. The molecule has 1 aliphatic heterocycles. The summed E-state index contributed by atoms with van der Waals surface area (Å²) < 4.78 is 0. The number of carbonyl (C=O) groups excluding carboxylic acids is 1. The van der Waals surface area contributed by atoms with E-state index in [-0.39, 0.29) is 18.3 Å². The molecule has 3 nitrogen and oxygen atoms in total. The molecule has 0 spiro atoms. The van der Waals surface area contributed by atoms with Gasteiger partial charge >= 0.3 is 0 Å². The molecular weight excluding hydrogens is 296 g/mol. The maximum absolute atomic E-state index is 12.9. The number of amides is 1. The van der Waals surface area contributed by atoms with Crippen molar-refractivity contribution in [2.45, 2.75) is 38.5 Å². The molecule has 0 radical (unpaired) electrons. The number of benzene rings is 1. The van der Waals surface area contributed by atoms with Crippen LogP contribution in [-0.2, 0) is 10.2 Å². The van der Waals surface area contributed by atoms with Crippen molar-refractivity contribution in [2.75, 3.05) is 26.7 Å². The van der Waals surface area contributed by atoms with E-state index >= 15 is 0 Å². The zero-order chi connectivity index (χ0) is 15.3. The van der Waals surface area contributed by atoms with E-state index in [1.54, 1.807) is 0 Å². The van der Waals surface area contributed by atoms with Gasteiger partial charge in [0.05, 0.1) is 5.41 Å². The Balaban J connectivity index is 0.00000242. The second-order valence-electron chi connectivity index (χ2n) is 6.62. The zero-order valence-corrected chi connectivity index (χ0v) is 14.8. The number of hydrogen-bond donors (Lipinski definition) is 1. The van der Waals surface area contributed by atoms with Gasteiger partial charge in [0, 0.05) is 13.1 Å². The van der Waals surface area contributed by atoms with Crippen LogP contribution in [0.25, 0.3) is 0 Å². The Morgan fingerprint density at radius 1 is 1.23 bits per heavy atom. The van der Waals surface area contributed by atoms with E-state index in [0.717, 1.165) is 44.0 Å². The monoisotopic (exact) mass is 324 g/mol. The maximum atomic E-state index is 12.9. The molecule has 1 aliphatic rings. The van der Waals surface area contributed by atoms with Gasteiger partial charge in [0.15, 0.2) is 0 Å². The molecule has 0 aliphatic carbocycles. The van der Waals surface area contributed by atoms with Crippen LogP contribution in [0.4, 0.5) is 0 Å². The van der Waals surface area contributed by atoms with Crippen LogP contribution in [-0.4, -0.2) is 37.5 Å². The van der Waals surface area contributed by atoms with Crippen molar-refractivity contribution in [1.29, 1.82) is 0 Å². The van der Waals surface area contributed by atoms with Gasteiger partial charge in [-0.15, -0.1) is 12.4 Å². The lowest BCUT2D eigenvalue weighted by Gasteiger charge is -2.37. The third-order valence-electron chi connectivity index (χ3n) is 4.73. The van der Waals surface area contributed by atoms with Gasteiger partial charge in [-0.3, -0.25) is 4.79 Å². The van der Waals surface area contributed by atoms with E-state index < -0.39 is 5.41 Å². The summed E-state index contributed by atoms with van der Waals surface area (Å²) in [4.78, 5) is 14.9. The third kappa shape index (κ3) is 4.47. The first-order valence-electron chi connectivity index (χ1n) is 8.05. The number of nitrogens with one attached hydrogen (secondary N) is 1. The first-order valence-corrected chi connectivity index (χ1v) is 8.05. The molecule has 0 atom stereocenters. The Kier molecular flexibility index (Phi) is 7.37. The quantitative estimate of drug-likeness (QED) is 0.902. The molecule has 2 rings (SSSR count). The van der Waals surface area contributed by atoms with Crippen LogP contribution >= 0.6 is 12.4 Å². The summed E-state index contributed by atoms with van der Waals surface area (Å²) in [5.74, 6) is 1.03. The van der Waals surface area contributed by atoms with Crippen LogP contribution in [0.3, 0.4) is 0 Å². The fraction of sp³-hybridized carbons (Fsp3) is 0.611. The van der Waals surface area contributed by atoms with E-state index in [2.05, 4.69) is 22.3 Å². The number of halogens is 1. The van der Waals surface area contributed by atoms with Crippen LogP contribution < -0.4 is 5.32 Å². The van der Waals surface area contributed by atoms with Gasteiger partial charge in [0.2, 0.25) is 5.91 Å². The second kappa shape index (κ2) is 8.54. The summed E-state index contributed by atoms with van der Waals surface area (Å²) in [6.45, 7) is 6.97. The van der Waals surface area contributed by atoms with E-state index in [9.17, 15) is 4.79 Å². The molecule has 1 heterocycles. The summed E-state index contributed by atoms with van der Waals surface area (Å²) in [5, 5.41) is 3.21. The Morgan fingerprint density at radius 2 is 1.82 bits per heavy atom. The molecule has 22 heavy (non-hydrogen) atoms. The molecule has 4 heteroatoms. The number of hydrogen-bond acceptors (Lipinski definition) is 2. The van der Waals surface area contributed by atoms with Crippen LogP contribution in [0, 0.1) is 5.92 Å². The van der Waals surface area contributed by atoms with Crippen LogP contribution in [0.1, 0.15) is 38.7 Å². The highest BCUT2D eigenvalue weighted by atomic mass is 35.5. The predicted molar refractivity (Wildman–Crippen MR) is 94.6 cm³/mol. The van der Waals surface area contributed by atoms with Crippen molar-refractivity contribution in [3.05, 3.63) is 35.9 Å². The summed E-state index contributed by atoms with van der Waals surface area (Å²) in [5.41, 5.74) is 0.673. The Labute approximate surface area is 140 Å². The number of rotatable bonds is 5. The topological polar surface area (TPSA) is 32.3 Å². The minimum absolute atomic E-state index is 0. The number of likely N-dealkylation sites (tertiary alicyclic amines) is 1. The van der Waals surface area contributed by atoms with E-state index in [0.29, 0.717) is 0 Å². The van der Waals surface area contributed by atoms with Gasteiger partial charge in [0.1, 0.15) is 0 Å². The number of nitrogens with zero attached hydrogens (tertiary/aromatic N) is 1. The van der Waals surface area contributed by atoms with Crippen molar-refractivity contribution < 1.29 is 4.79 Å². The van der Waals surface area contributed by atoms with Gasteiger partial charge < -0.3 is 10.2 Å². The molecule has 0 saturated carbocycles. The Morgan fingerprint density at radius 3 is 2.36 bits per heavy atom. The summed E-state index contributed by atoms with van der Waals surface area (Å²) in [6.07, 6.45) is 3.50. The lowest BCUT2D eigenvalue weighted by atomic mass is 9.82. The van der Waals surface area contributed by atoms with Crippen LogP contribution in [0.15, 0.2) is 30.3 Å². The lowest BCUT2D eigenvalue weighted by molar-refractivity contribution is -0.137. The van der Waals surface area contributed by atoms with Crippen LogP contribution in [0.2, 0.25) is 0 Å². The Hall–Kier alpha value is -1.06. The average Bonchev–Trinajstić information content (AvgIpc) is 2.53. The largest absolute Gasteiger partial charge is 0.342 e. The van der Waals surface area contributed by atoms with Crippen LogP contribution in [0.5, 0.6) is 0 Å².